The number of carboxylic acids is 1. The molecule has 5 rings (SSSR count). The Morgan fingerprint density at radius 2 is 1.47 bits per heavy atom. The van der Waals surface area contributed by atoms with Gasteiger partial charge in [-0.3, -0.25) is 0 Å². The van der Waals surface area contributed by atoms with Crippen LogP contribution in [0.1, 0.15) is 5.56 Å². The Morgan fingerprint density at radius 3 is 2.11 bits per heavy atom. The fourth-order valence-corrected chi connectivity index (χ4v) is 4.28. The average Bonchev–Trinajstić information content (AvgIpc) is 3.05. The molecule has 0 bridgehead atoms. The van der Waals surface area contributed by atoms with Crippen molar-refractivity contribution < 1.29 is 32.9 Å². The molecule has 4 aromatic rings. The third-order valence-electron chi connectivity index (χ3n) is 6.51. The zero-order valence-electron chi connectivity index (χ0n) is 24.3. The molecule has 2 heterocycles. The molecule has 238 valence electrons. The van der Waals surface area contributed by atoms with E-state index < -0.39 is 12.1 Å². The first-order valence-corrected chi connectivity index (χ1v) is 14.2. The highest BCUT2D eigenvalue weighted by Crippen LogP contribution is 2.29. The van der Waals surface area contributed by atoms with Crippen LogP contribution in [-0.4, -0.2) is 83.2 Å². The van der Waals surface area contributed by atoms with Crippen molar-refractivity contribution in [3.8, 4) is 22.6 Å². The number of phenols is 1. The minimum atomic E-state index is -5.08. The lowest BCUT2D eigenvalue weighted by Crippen LogP contribution is -2.44. The number of nitrogens with one attached hydrogen (secondary N) is 3. The number of aliphatic carboxylic acids is 1. The fraction of sp³-hybridized carbons (Fsp3) is 0.290. The lowest BCUT2D eigenvalue weighted by atomic mass is 10.1. The fourth-order valence-electron chi connectivity index (χ4n) is 4.28. The number of para-hydroxylation sites is 1. The van der Waals surface area contributed by atoms with Gasteiger partial charge in [-0.2, -0.15) is 28.1 Å². The second-order valence-electron chi connectivity index (χ2n) is 9.80. The Hall–Kier alpha value is -5.11. The number of rotatable bonds is 11. The van der Waals surface area contributed by atoms with Crippen LogP contribution in [0.15, 0.2) is 78.9 Å². The molecular weight excluding hydrogens is 591 g/mol. The number of aromatic hydroxyl groups is 1. The number of hydrogen-bond acceptors (Lipinski definition) is 10. The van der Waals surface area contributed by atoms with E-state index in [1.807, 2.05) is 48.5 Å². The van der Waals surface area contributed by atoms with Crippen molar-refractivity contribution in [1.29, 1.82) is 0 Å². The number of alkyl halides is 3. The molecule has 1 aliphatic heterocycles. The van der Waals surface area contributed by atoms with Gasteiger partial charge in [0, 0.05) is 38.3 Å². The van der Waals surface area contributed by atoms with Crippen LogP contribution in [-0.2, 0) is 11.2 Å². The van der Waals surface area contributed by atoms with Crippen LogP contribution in [0.3, 0.4) is 0 Å². The third-order valence-corrected chi connectivity index (χ3v) is 6.51. The maximum atomic E-state index is 10.6. The standard InChI is InChI=1S/C29H33N7O2.C2HF3O2/c37-24-12-10-22(11-13-24)14-15-31-27-33-28(35-29(34-27)36-19-16-30-17-20-36)32-18-21-38-26-9-5-4-8-25(26)23-6-2-1-3-7-23;3-2(4,5)1(6)7/h1-13,30,37H,14-21H2,(H2,31,32,33,34,35);(H,6,7). The Bertz CT molecular complexity index is 1500. The van der Waals surface area contributed by atoms with E-state index in [1.54, 1.807) is 12.1 Å². The van der Waals surface area contributed by atoms with Gasteiger partial charge in [0.25, 0.3) is 0 Å². The summed E-state index contributed by atoms with van der Waals surface area (Å²) in [6.07, 6.45) is -4.30. The largest absolute Gasteiger partial charge is 0.508 e. The van der Waals surface area contributed by atoms with Gasteiger partial charge in [-0.15, -0.1) is 0 Å². The molecular formula is C31H34F3N7O4. The number of hydrogen-bond donors (Lipinski definition) is 5. The number of piperazine rings is 1. The smallest absolute Gasteiger partial charge is 0.490 e. The monoisotopic (exact) mass is 625 g/mol. The second kappa shape index (κ2) is 16.1. The van der Waals surface area contributed by atoms with Crippen LogP contribution in [0, 0.1) is 0 Å². The van der Waals surface area contributed by atoms with Crippen LogP contribution < -0.4 is 25.6 Å². The van der Waals surface area contributed by atoms with Crippen LogP contribution in [0.2, 0.25) is 0 Å². The summed E-state index contributed by atoms with van der Waals surface area (Å²) < 4.78 is 37.9. The van der Waals surface area contributed by atoms with Crippen molar-refractivity contribution in [3.63, 3.8) is 0 Å². The van der Waals surface area contributed by atoms with Crippen molar-refractivity contribution in [2.24, 2.45) is 0 Å². The second-order valence-corrected chi connectivity index (χ2v) is 9.80. The zero-order valence-corrected chi connectivity index (χ0v) is 24.3. The van der Waals surface area contributed by atoms with Gasteiger partial charge in [-0.1, -0.05) is 60.7 Å². The minimum Gasteiger partial charge on any atom is -0.508 e. The van der Waals surface area contributed by atoms with Gasteiger partial charge in [0.1, 0.15) is 18.1 Å². The number of aromatic nitrogens is 3. The van der Waals surface area contributed by atoms with Crippen LogP contribution in [0.5, 0.6) is 11.5 Å². The first-order chi connectivity index (χ1) is 21.7. The molecule has 0 unspecified atom stereocenters. The van der Waals surface area contributed by atoms with Crippen LogP contribution in [0.25, 0.3) is 11.1 Å². The van der Waals surface area contributed by atoms with E-state index in [0.717, 1.165) is 55.0 Å². The number of phenolic OH excluding ortho intramolecular Hbond substituents is 1. The molecule has 0 saturated carbocycles. The van der Waals surface area contributed by atoms with Crippen molar-refractivity contribution in [2.75, 3.05) is 61.4 Å². The third kappa shape index (κ3) is 10.5. The number of benzene rings is 3. The Morgan fingerprint density at radius 1 is 0.867 bits per heavy atom. The Kier molecular flexibility index (Phi) is 11.7. The first kappa shape index (κ1) is 32.8. The lowest BCUT2D eigenvalue weighted by Gasteiger charge is -2.27. The molecule has 11 nitrogen and oxygen atoms in total. The zero-order chi connectivity index (χ0) is 32.1. The highest BCUT2D eigenvalue weighted by Gasteiger charge is 2.38. The molecule has 1 aromatic heterocycles. The maximum Gasteiger partial charge on any atom is 0.490 e. The van der Waals surface area contributed by atoms with Crippen LogP contribution >= 0.6 is 0 Å². The predicted octanol–water partition coefficient (Wildman–Crippen LogP) is 4.43. The summed E-state index contributed by atoms with van der Waals surface area (Å²) >= 11 is 0. The highest BCUT2D eigenvalue weighted by molar-refractivity contribution is 5.73. The summed E-state index contributed by atoms with van der Waals surface area (Å²) in [5, 5.41) is 26.6. The molecule has 3 aromatic carbocycles. The molecule has 1 saturated heterocycles. The summed E-state index contributed by atoms with van der Waals surface area (Å²) in [5.41, 5.74) is 3.31. The topological polar surface area (TPSA) is 145 Å². The molecule has 14 heteroatoms. The average molecular weight is 626 g/mol. The van der Waals surface area contributed by atoms with Gasteiger partial charge in [0.05, 0.1) is 6.54 Å². The summed E-state index contributed by atoms with van der Waals surface area (Å²) in [5.74, 6) is 0.0575. The van der Waals surface area contributed by atoms with Crippen molar-refractivity contribution in [3.05, 3.63) is 84.4 Å². The first-order valence-electron chi connectivity index (χ1n) is 14.2. The normalized spacial score (nSPS) is 12.9. The number of halogens is 3. The molecule has 1 aliphatic rings. The maximum absolute atomic E-state index is 10.6. The highest BCUT2D eigenvalue weighted by atomic mass is 19.4. The predicted molar refractivity (Wildman–Crippen MR) is 165 cm³/mol. The van der Waals surface area contributed by atoms with Gasteiger partial charge in [0.15, 0.2) is 0 Å². The Labute approximate surface area is 258 Å². The number of nitrogens with zero attached hydrogens (tertiary/aromatic N) is 4. The lowest BCUT2D eigenvalue weighted by molar-refractivity contribution is -0.192. The number of ether oxygens (including phenoxy) is 1. The molecule has 0 spiro atoms. The van der Waals surface area contributed by atoms with E-state index in [4.69, 9.17) is 14.6 Å². The van der Waals surface area contributed by atoms with Crippen molar-refractivity contribution in [2.45, 2.75) is 12.6 Å². The van der Waals surface area contributed by atoms with Crippen LogP contribution in [0.4, 0.5) is 31.0 Å². The minimum absolute atomic E-state index is 0.267. The SMILES string of the molecule is O=C(O)C(F)(F)F.Oc1ccc(CCNc2nc(NCCOc3ccccc3-c3ccccc3)nc(N3CCNCC3)n2)cc1. The van der Waals surface area contributed by atoms with E-state index in [-0.39, 0.29) is 5.75 Å². The molecule has 45 heavy (non-hydrogen) atoms. The molecule has 0 atom stereocenters. The van der Waals surface area contributed by atoms with Gasteiger partial charge in [-0.05, 0) is 35.7 Å². The summed E-state index contributed by atoms with van der Waals surface area (Å²) in [4.78, 5) is 25.0. The van der Waals surface area contributed by atoms with E-state index in [0.29, 0.717) is 37.5 Å². The van der Waals surface area contributed by atoms with Gasteiger partial charge in [-0.25, -0.2) is 4.79 Å². The number of anilines is 3. The number of carbonyl (C=O) groups is 1. The summed E-state index contributed by atoms with van der Waals surface area (Å²) in [6.45, 7) is 5.14. The van der Waals surface area contributed by atoms with E-state index in [9.17, 15) is 18.3 Å². The summed E-state index contributed by atoms with van der Waals surface area (Å²) in [7, 11) is 0. The Balaban J connectivity index is 0.000000591. The molecule has 0 aliphatic carbocycles. The molecule has 5 N–H and O–H groups in total. The van der Waals surface area contributed by atoms with Gasteiger partial charge >= 0.3 is 12.1 Å². The van der Waals surface area contributed by atoms with E-state index in [1.165, 1.54) is 0 Å². The van der Waals surface area contributed by atoms with Crippen molar-refractivity contribution >= 4 is 23.8 Å². The molecule has 0 radical (unpaired) electrons. The molecule has 0 amide bonds. The molecule has 1 fully saturated rings. The number of carboxylic acid groups (broad SMARTS) is 1. The summed E-state index contributed by atoms with van der Waals surface area (Å²) in [6, 6.07) is 25.5. The quantitative estimate of drug-likeness (QED) is 0.151. The van der Waals surface area contributed by atoms with E-state index in [2.05, 4.69) is 54.0 Å². The van der Waals surface area contributed by atoms with Crippen molar-refractivity contribution in [1.82, 2.24) is 20.3 Å². The van der Waals surface area contributed by atoms with E-state index >= 15 is 0 Å². The van der Waals surface area contributed by atoms with Gasteiger partial charge in [0.2, 0.25) is 17.8 Å². The van der Waals surface area contributed by atoms with Gasteiger partial charge < -0.3 is 35.8 Å².